The summed E-state index contributed by atoms with van der Waals surface area (Å²) in [5, 5.41) is 2.63. The van der Waals surface area contributed by atoms with Crippen molar-refractivity contribution in [3.63, 3.8) is 0 Å². The van der Waals surface area contributed by atoms with Gasteiger partial charge < -0.3 is 0 Å². The van der Waals surface area contributed by atoms with Gasteiger partial charge in [0.15, 0.2) is 0 Å². The molecule has 0 N–H and O–H groups in total. The summed E-state index contributed by atoms with van der Waals surface area (Å²) in [5.41, 5.74) is 2.72. The van der Waals surface area contributed by atoms with Gasteiger partial charge in [0.2, 0.25) is 0 Å². The molecule has 1 unspecified atom stereocenters. The lowest BCUT2D eigenvalue weighted by molar-refractivity contribution is 0.850. The molecule has 0 saturated heterocycles. The molecule has 2 aromatic carbocycles. The minimum absolute atomic E-state index is 0.412. The van der Waals surface area contributed by atoms with Crippen molar-refractivity contribution < 1.29 is 0 Å². The fourth-order valence-corrected chi connectivity index (χ4v) is 2.26. The molecule has 15 heavy (non-hydrogen) atoms. The molecule has 0 fully saturated rings. The van der Waals surface area contributed by atoms with E-state index in [1.807, 2.05) is 0 Å². The van der Waals surface area contributed by atoms with E-state index in [0.29, 0.717) is 5.92 Å². The number of fused-ring (bicyclic) bond motifs is 2. The third-order valence-corrected chi connectivity index (χ3v) is 3.11. The van der Waals surface area contributed by atoms with Crippen molar-refractivity contribution in [1.29, 1.82) is 0 Å². The molecule has 1 atom stereocenters. The Morgan fingerprint density at radius 2 is 1.80 bits per heavy atom. The van der Waals surface area contributed by atoms with E-state index in [1.54, 1.807) is 0 Å². The summed E-state index contributed by atoms with van der Waals surface area (Å²) in [6.45, 7) is 4.19. The number of hydrogen-bond donors (Lipinski definition) is 0. The van der Waals surface area contributed by atoms with E-state index in [1.165, 1.54) is 21.9 Å². The second-order valence-electron chi connectivity index (χ2n) is 4.16. The maximum atomic E-state index is 4.19. The molecule has 0 bridgehead atoms. The van der Waals surface area contributed by atoms with Crippen LogP contribution in [0.2, 0.25) is 0 Å². The Balaban J connectivity index is 2.33. The number of rotatable bonds is 0. The first kappa shape index (κ1) is 8.72. The van der Waals surface area contributed by atoms with E-state index in [2.05, 4.69) is 55.5 Å². The Morgan fingerprint density at radius 3 is 2.60 bits per heavy atom. The van der Waals surface area contributed by atoms with E-state index in [0.717, 1.165) is 6.42 Å². The highest BCUT2D eigenvalue weighted by Crippen LogP contribution is 2.32. The lowest BCUT2D eigenvalue weighted by Gasteiger charge is -2.18. The normalized spacial score (nSPS) is 19.1. The maximum absolute atomic E-state index is 4.19. The van der Waals surface area contributed by atoms with Gasteiger partial charge >= 0.3 is 0 Å². The Bertz CT molecular complexity index is 535. The first-order valence-electron chi connectivity index (χ1n) is 5.37. The van der Waals surface area contributed by atoms with Gasteiger partial charge in [-0.1, -0.05) is 42.5 Å². The number of benzene rings is 2. The van der Waals surface area contributed by atoms with Crippen LogP contribution in [-0.2, 0) is 0 Å². The molecule has 2 aromatic rings. The van der Waals surface area contributed by atoms with Crippen molar-refractivity contribution in [1.82, 2.24) is 0 Å². The Morgan fingerprint density at radius 1 is 1.07 bits per heavy atom. The van der Waals surface area contributed by atoms with Crippen LogP contribution in [-0.4, -0.2) is 0 Å². The van der Waals surface area contributed by atoms with Crippen LogP contribution in [0.5, 0.6) is 0 Å². The smallest absolute Gasteiger partial charge is 0.0121 e. The van der Waals surface area contributed by atoms with E-state index in [4.69, 9.17) is 0 Å². The Kier molecular flexibility index (Phi) is 1.88. The van der Waals surface area contributed by atoms with Crippen molar-refractivity contribution in [2.45, 2.75) is 12.3 Å². The largest absolute Gasteiger partial charge is 0.0833 e. The molecule has 1 aliphatic carbocycles. The second kappa shape index (κ2) is 3.23. The quantitative estimate of drug-likeness (QED) is 0.589. The van der Waals surface area contributed by atoms with Gasteiger partial charge in [0.1, 0.15) is 0 Å². The van der Waals surface area contributed by atoms with Crippen molar-refractivity contribution in [3.8, 4) is 0 Å². The molecule has 0 heteroatoms. The average molecular weight is 193 g/mol. The van der Waals surface area contributed by atoms with Gasteiger partial charge in [0, 0.05) is 0 Å². The van der Waals surface area contributed by atoms with E-state index >= 15 is 0 Å². The molecule has 0 aromatic heterocycles. The highest BCUT2D eigenvalue weighted by atomic mass is 14.2. The minimum atomic E-state index is 0.412. The monoisotopic (exact) mass is 193 g/mol. The summed E-state index contributed by atoms with van der Waals surface area (Å²) >= 11 is 0. The fourth-order valence-electron chi connectivity index (χ4n) is 2.26. The molecular formula is C15H13. The van der Waals surface area contributed by atoms with Crippen LogP contribution in [0.3, 0.4) is 0 Å². The SMILES string of the molecule is [CH2]C1CC=Cc2cc3ccccc3cc21. The zero-order valence-corrected chi connectivity index (χ0v) is 8.61. The summed E-state index contributed by atoms with van der Waals surface area (Å²) in [4.78, 5) is 0. The van der Waals surface area contributed by atoms with Crippen LogP contribution >= 0.6 is 0 Å². The van der Waals surface area contributed by atoms with Crippen molar-refractivity contribution in [3.05, 3.63) is 60.5 Å². The third-order valence-electron chi connectivity index (χ3n) is 3.11. The average Bonchev–Trinajstić information content (AvgIpc) is 2.27. The third kappa shape index (κ3) is 1.37. The minimum Gasteiger partial charge on any atom is -0.0833 e. The summed E-state index contributed by atoms with van der Waals surface area (Å²) in [5.74, 6) is 0.412. The standard InChI is InChI=1S/C15H13/c1-11-5-4-8-14-9-12-6-2-3-7-13(12)10-15(11)14/h2-4,6-11H,1,5H2. The zero-order chi connectivity index (χ0) is 10.3. The molecule has 0 saturated carbocycles. The zero-order valence-electron chi connectivity index (χ0n) is 8.61. The van der Waals surface area contributed by atoms with Gasteiger partial charge in [-0.3, -0.25) is 0 Å². The lowest BCUT2D eigenvalue weighted by Crippen LogP contribution is -1.99. The molecule has 73 valence electrons. The topological polar surface area (TPSA) is 0 Å². The van der Waals surface area contributed by atoms with Crippen LogP contribution in [0, 0.1) is 6.92 Å². The van der Waals surface area contributed by atoms with Gasteiger partial charge in [-0.2, -0.15) is 0 Å². The van der Waals surface area contributed by atoms with Crippen LogP contribution < -0.4 is 0 Å². The highest BCUT2D eigenvalue weighted by molar-refractivity contribution is 5.86. The van der Waals surface area contributed by atoms with Gasteiger partial charge in [0.25, 0.3) is 0 Å². The predicted octanol–water partition coefficient (Wildman–Crippen LogP) is 4.17. The molecular weight excluding hydrogens is 180 g/mol. The number of allylic oxidation sites excluding steroid dienone is 1. The molecule has 1 radical (unpaired) electrons. The summed E-state index contributed by atoms with van der Waals surface area (Å²) in [7, 11) is 0. The summed E-state index contributed by atoms with van der Waals surface area (Å²) < 4.78 is 0. The molecule has 1 aliphatic rings. The highest BCUT2D eigenvalue weighted by Gasteiger charge is 2.12. The van der Waals surface area contributed by atoms with Gasteiger partial charge in [-0.25, -0.2) is 0 Å². The van der Waals surface area contributed by atoms with E-state index in [9.17, 15) is 0 Å². The van der Waals surface area contributed by atoms with Crippen LogP contribution in [0.4, 0.5) is 0 Å². The van der Waals surface area contributed by atoms with Gasteiger partial charge in [0.05, 0.1) is 0 Å². The first-order chi connectivity index (χ1) is 7.34. The van der Waals surface area contributed by atoms with Crippen LogP contribution in [0.15, 0.2) is 42.5 Å². The van der Waals surface area contributed by atoms with Crippen LogP contribution in [0.25, 0.3) is 16.8 Å². The van der Waals surface area contributed by atoms with Crippen molar-refractivity contribution in [2.24, 2.45) is 0 Å². The number of hydrogen-bond acceptors (Lipinski definition) is 0. The molecule has 0 amide bonds. The fraction of sp³-hybridized carbons (Fsp3) is 0.133. The first-order valence-corrected chi connectivity index (χ1v) is 5.37. The van der Waals surface area contributed by atoms with E-state index in [-0.39, 0.29) is 0 Å². The molecule has 0 heterocycles. The van der Waals surface area contributed by atoms with Crippen molar-refractivity contribution >= 4 is 16.8 Å². The van der Waals surface area contributed by atoms with Crippen LogP contribution in [0.1, 0.15) is 23.5 Å². The van der Waals surface area contributed by atoms with Crippen molar-refractivity contribution in [2.75, 3.05) is 0 Å². The molecule has 3 rings (SSSR count). The molecule has 0 aliphatic heterocycles. The molecule has 0 spiro atoms. The second-order valence-corrected chi connectivity index (χ2v) is 4.16. The summed E-state index contributed by atoms with van der Waals surface area (Å²) in [6.07, 6.45) is 5.49. The van der Waals surface area contributed by atoms with Gasteiger partial charge in [-0.15, -0.1) is 0 Å². The maximum Gasteiger partial charge on any atom is -0.0121 e. The predicted molar refractivity (Wildman–Crippen MR) is 65.7 cm³/mol. The lowest BCUT2D eigenvalue weighted by atomic mass is 9.87. The van der Waals surface area contributed by atoms with Gasteiger partial charge in [-0.05, 0) is 47.2 Å². The molecule has 0 nitrogen and oxygen atoms in total. The Labute approximate surface area is 90.2 Å². The van der Waals surface area contributed by atoms with E-state index < -0.39 is 0 Å². The Hall–Kier alpha value is -1.56. The summed E-state index contributed by atoms with van der Waals surface area (Å²) in [6, 6.07) is 13.1.